The smallest absolute Gasteiger partial charge is 0.129 e. The summed E-state index contributed by atoms with van der Waals surface area (Å²) in [6.45, 7) is 2.02. The van der Waals surface area contributed by atoms with E-state index in [-0.39, 0.29) is 5.82 Å². The van der Waals surface area contributed by atoms with E-state index in [1.807, 2.05) is 11.9 Å². The average molecular weight is 288 g/mol. The maximum Gasteiger partial charge on any atom is 0.129 e. The molecule has 1 fully saturated rings. The molecule has 1 aromatic rings. The number of halogens is 2. The molecule has 0 spiro atoms. The van der Waals surface area contributed by atoms with Gasteiger partial charge < -0.3 is 9.84 Å². The van der Waals surface area contributed by atoms with Gasteiger partial charge in [-0.05, 0) is 19.2 Å². The zero-order chi connectivity index (χ0) is 13.9. The lowest BCUT2D eigenvalue weighted by molar-refractivity contribution is -0.0778. The molecule has 1 aromatic carbocycles. The third-order valence-electron chi connectivity index (χ3n) is 3.48. The van der Waals surface area contributed by atoms with Crippen molar-refractivity contribution in [3.8, 4) is 0 Å². The van der Waals surface area contributed by atoms with Crippen LogP contribution in [-0.4, -0.2) is 42.4 Å². The van der Waals surface area contributed by atoms with Gasteiger partial charge in [0.1, 0.15) is 5.82 Å². The van der Waals surface area contributed by atoms with Crippen LogP contribution in [0.5, 0.6) is 0 Å². The van der Waals surface area contributed by atoms with Gasteiger partial charge in [0.25, 0.3) is 0 Å². The van der Waals surface area contributed by atoms with Gasteiger partial charge in [0.15, 0.2) is 0 Å². The summed E-state index contributed by atoms with van der Waals surface area (Å²) in [6, 6.07) is 4.67. The summed E-state index contributed by atoms with van der Waals surface area (Å²) in [4.78, 5) is 1.90. The number of nitrogens with zero attached hydrogens (tertiary/aromatic N) is 1. The van der Waals surface area contributed by atoms with Gasteiger partial charge in [-0.2, -0.15) is 0 Å². The summed E-state index contributed by atoms with van der Waals surface area (Å²) in [5.74, 6) is -0.307. The van der Waals surface area contributed by atoms with Crippen LogP contribution in [0, 0.1) is 5.82 Å². The molecule has 0 aliphatic carbocycles. The highest BCUT2D eigenvalue weighted by Gasteiger charge is 2.31. The fourth-order valence-electron chi connectivity index (χ4n) is 2.42. The first-order valence-electron chi connectivity index (χ1n) is 6.42. The van der Waals surface area contributed by atoms with E-state index in [1.54, 1.807) is 12.1 Å². The van der Waals surface area contributed by atoms with E-state index >= 15 is 0 Å². The van der Waals surface area contributed by atoms with Crippen molar-refractivity contribution >= 4 is 11.6 Å². The summed E-state index contributed by atoms with van der Waals surface area (Å²) >= 11 is 6.00. The monoisotopic (exact) mass is 287 g/mol. The second kappa shape index (κ2) is 6.18. The minimum Gasteiger partial charge on any atom is -0.388 e. The van der Waals surface area contributed by atoms with Gasteiger partial charge in [-0.3, -0.25) is 4.90 Å². The first-order chi connectivity index (χ1) is 9.00. The van der Waals surface area contributed by atoms with Crippen LogP contribution in [0.2, 0.25) is 5.02 Å². The Bertz CT molecular complexity index is 415. The van der Waals surface area contributed by atoms with Crippen LogP contribution in [0.25, 0.3) is 0 Å². The topological polar surface area (TPSA) is 32.7 Å². The lowest BCUT2D eigenvalue weighted by Crippen LogP contribution is -2.45. The van der Waals surface area contributed by atoms with Crippen LogP contribution >= 0.6 is 11.6 Å². The highest BCUT2D eigenvalue weighted by molar-refractivity contribution is 6.31. The van der Waals surface area contributed by atoms with E-state index < -0.39 is 5.60 Å². The molecule has 106 valence electrons. The Balaban J connectivity index is 1.99. The largest absolute Gasteiger partial charge is 0.388 e. The van der Waals surface area contributed by atoms with E-state index in [9.17, 15) is 9.50 Å². The fourth-order valence-corrected chi connectivity index (χ4v) is 2.64. The molecule has 1 N–H and O–H groups in total. The molecule has 1 saturated heterocycles. The number of aliphatic hydroxyl groups is 1. The number of ether oxygens (including phenoxy) is 1. The standard InChI is InChI=1S/C14H19ClFNO2/c1-17(10-14(18)5-7-19-8-6-14)9-11-12(15)3-2-4-13(11)16/h2-4,18H,5-10H2,1H3. The number of likely N-dealkylation sites (N-methyl/N-ethyl adjacent to an activating group) is 1. The first-order valence-corrected chi connectivity index (χ1v) is 6.79. The van der Waals surface area contributed by atoms with Crippen molar-refractivity contribution in [2.75, 3.05) is 26.8 Å². The van der Waals surface area contributed by atoms with Gasteiger partial charge in [-0.25, -0.2) is 4.39 Å². The Morgan fingerprint density at radius 3 is 2.74 bits per heavy atom. The molecule has 1 heterocycles. The summed E-state index contributed by atoms with van der Waals surface area (Å²) in [7, 11) is 1.86. The molecule has 1 aliphatic rings. The van der Waals surface area contributed by atoms with Crippen molar-refractivity contribution in [1.82, 2.24) is 4.90 Å². The van der Waals surface area contributed by atoms with Gasteiger partial charge in [0.2, 0.25) is 0 Å². The second-order valence-electron chi connectivity index (χ2n) is 5.21. The molecule has 1 aliphatic heterocycles. The van der Waals surface area contributed by atoms with Crippen LogP contribution in [0.1, 0.15) is 18.4 Å². The predicted molar refractivity (Wildman–Crippen MR) is 72.7 cm³/mol. The van der Waals surface area contributed by atoms with Crippen LogP contribution in [0.3, 0.4) is 0 Å². The summed E-state index contributed by atoms with van der Waals surface area (Å²) < 4.78 is 18.9. The number of rotatable bonds is 4. The second-order valence-corrected chi connectivity index (χ2v) is 5.62. The Labute approximate surface area is 117 Å². The molecule has 2 rings (SSSR count). The summed E-state index contributed by atoms with van der Waals surface area (Å²) in [5, 5.41) is 10.8. The molecule has 0 aromatic heterocycles. The van der Waals surface area contributed by atoms with E-state index in [2.05, 4.69) is 0 Å². The van der Waals surface area contributed by atoms with E-state index in [0.717, 1.165) is 0 Å². The molecule has 0 amide bonds. The van der Waals surface area contributed by atoms with Crippen molar-refractivity contribution in [2.45, 2.75) is 25.0 Å². The Morgan fingerprint density at radius 1 is 1.42 bits per heavy atom. The highest BCUT2D eigenvalue weighted by atomic mass is 35.5. The minimum absolute atomic E-state index is 0.307. The van der Waals surface area contributed by atoms with Crippen molar-refractivity contribution in [2.24, 2.45) is 0 Å². The average Bonchev–Trinajstić information content (AvgIpc) is 2.34. The third-order valence-corrected chi connectivity index (χ3v) is 3.83. The minimum atomic E-state index is -0.745. The van der Waals surface area contributed by atoms with E-state index in [1.165, 1.54) is 6.07 Å². The maximum absolute atomic E-state index is 13.7. The number of benzene rings is 1. The Hall–Kier alpha value is -0.680. The Morgan fingerprint density at radius 2 is 2.11 bits per heavy atom. The quantitative estimate of drug-likeness (QED) is 0.923. The summed E-state index contributed by atoms with van der Waals surface area (Å²) in [5.41, 5.74) is -0.271. The van der Waals surface area contributed by atoms with Crippen molar-refractivity contribution in [3.63, 3.8) is 0 Å². The van der Waals surface area contributed by atoms with Crippen LogP contribution in [0.15, 0.2) is 18.2 Å². The van der Waals surface area contributed by atoms with Gasteiger partial charge in [0.05, 0.1) is 5.60 Å². The SMILES string of the molecule is CN(Cc1c(F)cccc1Cl)CC1(O)CCOCC1. The van der Waals surface area contributed by atoms with Gasteiger partial charge in [-0.1, -0.05) is 17.7 Å². The molecule has 0 bridgehead atoms. The zero-order valence-electron chi connectivity index (χ0n) is 11.0. The number of hydrogen-bond acceptors (Lipinski definition) is 3. The molecule has 0 saturated carbocycles. The maximum atomic E-state index is 13.7. The summed E-state index contributed by atoms with van der Waals surface area (Å²) in [6.07, 6.45) is 1.23. The van der Waals surface area contributed by atoms with Crippen molar-refractivity contribution < 1.29 is 14.2 Å². The Kier molecular flexibility index (Phi) is 4.79. The third kappa shape index (κ3) is 3.89. The molecule has 0 radical (unpaired) electrons. The molecule has 5 heteroatoms. The van der Waals surface area contributed by atoms with Crippen LogP contribution < -0.4 is 0 Å². The molecule has 0 atom stereocenters. The lowest BCUT2D eigenvalue weighted by Gasteiger charge is -2.35. The van der Waals surface area contributed by atoms with Gasteiger partial charge in [-0.15, -0.1) is 0 Å². The predicted octanol–water partition coefficient (Wildman–Crippen LogP) is 2.45. The molecular formula is C14H19ClFNO2. The highest BCUT2D eigenvalue weighted by Crippen LogP contribution is 2.24. The van der Waals surface area contributed by atoms with Crippen LogP contribution in [-0.2, 0) is 11.3 Å². The van der Waals surface area contributed by atoms with Crippen molar-refractivity contribution in [3.05, 3.63) is 34.6 Å². The van der Waals surface area contributed by atoms with Crippen molar-refractivity contribution in [1.29, 1.82) is 0 Å². The zero-order valence-corrected chi connectivity index (χ0v) is 11.8. The first kappa shape index (κ1) is 14.7. The normalized spacial score (nSPS) is 18.8. The molecule has 19 heavy (non-hydrogen) atoms. The van der Waals surface area contributed by atoms with Gasteiger partial charge in [0, 0.05) is 49.7 Å². The molecular weight excluding hydrogens is 269 g/mol. The van der Waals surface area contributed by atoms with Gasteiger partial charge >= 0.3 is 0 Å². The molecule has 0 unspecified atom stereocenters. The van der Waals surface area contributed by atoms with E-state index in [0.29, 0.717) is 49.7 Å². The number of hydrogen-bond donors (Lipinski definition) is 1. The lowest BCUT2D eigenvalue weighted by atomic mass is 9.94. The fraction of sp³-hybridized carbons (Fsp3) is 0.571. The molecule has 3 nitrogen and oxygen atoms in total. The van der Waals surface area contributed by atoms with E-state index in [4.69, 9.17) is 16.3 Å². The van der Waals surface area contributed by atoms with Crippen LogP contribution in [0.4, 0.5) is 4.39 Å².